The van der Waals surface area contributed by atoms with Crippen LogP contribution in [0.4, 0.5) is 13.2 Å². The van der Waals surface area contributed by atoms with Gasteiger partial charge in [0.25, 0.3) is 0 Å². The van der Waals surface area contributed by atoms with Crippen molar-refractivity contribution < 1.29 is 17.9 Å². The van der Waals surface area contributed by atoms with Crippen molar-refractivity contribution in [1.29, 1.82) is 0 Å². The van der Waals surface area contributed by atoms with Crippen molar-refractivity contribution in [2.45, 2.75) is 12.2 Å². The number of benzene rings is 1. The summed E-state index contributed by atoms with van der Waals surface area (Å²) in [6.45, 7) is 0. The summed E-state index contributed by atoms with van der Waals surface area (Å²) in [7, 11) is 3.19. The SMILES string of the molecule is CNC(c1ccc(C(F)(F)F)cc1)c1cc(OC)ncn1. The molecule has 1 aromatic heterocycles. The second-order valence-corrected chi connectivity index (χ2v) is 4.33. The number of nitrogens with one attached hydrogen (secondary N) is 1. The molecule has 0 saturated heterocycles. The summed E-state index contributed by atoms with van der Waals surface area (Å²) in [4.78, 5) is 8.04. The second-order valence-electron chi connectivity index (χ2n) is 4.33. The summed E-state index contributed by atoms with van der Waals surface area (Å²) in [6.07, 6.45) is -2.99. The molecule has 0 radical (unpaired) electrons. The minimum absolute atomic E-state index is 0.343. The van der Waals surface area contributed by atoms with E-state index in [-0.39, 0.29) is 6.04 Å². The lowest BCUT2D eigenvalue weighted by atomic mass is 10.0. The zero-order valence-corrected chi connectivity index (χ0v) is 11.5. The molecule has 1 unspecified atom stereocenters. The van der Waals surface area contributed by atoms with Crippen molar-refractivity contribution in [3.63, 3.8) is 0 Å². The van der Waals surface area contributed by atoms with Gasteiger partial charge < -0.3 is 10.1 Å². The van der Waals surface area contributed by atoms with Gasteiger partial charge >= 0.3 is 6.18 Å². The molecule has 1 aromatic carbocycles. The Morgan fingerprint density at radius 1 is 1.14 bits per heavy atom. The Morgan fingerprint density at radius 2 is 1.81 bits per heavy atom. The number of methoxy groups -OCH3 is 1. The summed E-state index contributed by atoms with van der Waals surface area (Å²) >= 11 is 0. The van der Waals surface area contributed by atoms with Crippen LogP contribution in [0, 0.1) is 0 Å². The lowest BCUT2D eigenvalue weighted by molar-refractivity contribution is -0.137. The van der Waals surface area contributed by atoms with E-state index in [0.717, 1.165) is 12.1 Å². The summed E-state index contributed by atoms with van der Waals surface area (Å²) in [5, 5.41) is 3.02. The summed E-state index contributed by atoms with van der Waals surface area (Å²) in [5.41, 5.74) is 0.608. The molecule has 0 saturated carbocycles. The molecule has 1 atom stereocenters. The Balaban J connectivity index is 2.32. The number of alkyl halides is 3. The molecule has 1 heterocycles. The van der Waals surface area contributed by atoms with E-state index in [0.29, 0.717) is 17.1 Å². The predicted octanol–water partition coefficient (Wildman–Crippen LogP) is 2.81. The molecule has 0 aliphatic rings. The zero-order chi connectivity index (χ0) is 15.5. The fraction of sp³-hybridized carbons (Fsp3) is 0.286. The Labute approximate surface area is 120 Å². The first-order valence-electron chi connectivity index (χ1n) is 6.16. The Hall–Kier alpha value is -2.15. The molecule has 7 heteroatoms. The third-order valence-electron chi connectivity index (χ3n) is 3.03. The predicted molar refractivity (Wildman–Crippen MR) is 70.9 cm³/mol. The van der Waals surface area contributed by atoms with Gasteiger partial charge in [-0.1, -0.05) is 12.1 Å². The van der Waals surface area contributed by atoms with Crippen LogP contribution in [-0.4, -0.2) is 24.1 Å². The number of rotatable bonds is 4. The molecule has 21 heavy (non-hydrogen) atoms. The highest BCUT2D eigenvalue weighted by Crippen LogP contribution is 2.30. The normalized spacial score (nSPS) is 13.0. The van der Waals surface area contributed by atoms with E-state index in [9.17, 15) is 13.2 Å². The van der Waals surface area contributed by atoms with Crippen LogP contribution in [0.3, 0.4) is 0 Å². The van der Waals surface area contributed by atoms with Gasteiger partial charge in [-0.3, -0.25) is 0 Å². The third kappa shape index (κ3) is 3.49. The molecule has 0 spiro atoms. The minimum atomic E-state index is -4.34. The van der Waals surface area contributed by atoms with E-state index in [1.54, 1.807) is 13.1 Å². The van der Waals surface area contributed by atoms with E-state index in [2.05, 4.69) is 15.3 Å². The maximum Gasteiger partial charge on any atom is 0.416 e. The molecule has 0 aliphatic carbocycles. The first-order valence-corrected chi connectivity index (χ1v) is 6.16. The number of hydrogen-bond donors (Lipinski definition) is 1. The Morgan fingerprint density at radius 3 is 2.33 bits per heavy atom. The first kappa shape index (κ1) is 15.2. The Kier molecular flexibility index (Phi) is 4.42. The van der Waals surface area contributed by atoms with Crippen molar-refractivity contribution in [1.82, 2.24) is 15.3 Å². The van der Waals surface area contributed by atoms with Gasteiger partial charge in [0.1, 0.15) is 6.33 Å². The number of hydrogen-bond acceptors (Lipinski definition) is 4. The highest BCUT2D eigenvalue weighted by atomic mass is 19.4. The summed E-state index contributed by atoms with van der Waals surface area (Å²) < 4.78 is 42.7. The van der Waals surface area contributed by atoms with Gasteiger partial charge in [0.2, 0.25) is 5.88 Å². The molecule has 4 nitrogen and oxygen atoms in total. The van der Waals surface area contributed by atoms with Crippen LogP contribution < -0.4 is 10.1 Å². The number of nitrogens with zero attached hydrogens (tertiary/aromatic N) is 2. The van der Waals surface area contributed by atoms with Gasteiger partial charge in [0.15, 0.2) is 0 Å². The van der Waals surface area contributed by atoms with Crippen LogP contribution in [-0.2, 0) is 6.18 Å². The molecule has 2 rings (SSSR count). The van der Waals surface area contributed by atoms with E-state index < -0.39 is 11.7 Å². The lowest BCUT2D eigenvalue weighted by Gasteiger charge is -2.17. The molecule has 112 valence electrons. The highest BCUT2D eigenvalue weighted by molar-refractivity contribution is 5.32. The fourth-order valence-corrected chi connectivity index (χ4v) is 1.97. The molecule has 2 aromatic rings. The van der Waals surface area contributed by atoms with E-state index in [4.69, 9.17) is 4.74 Å². The van der Waals surface area contributed by atoms with Crippen molar-refractivity contribution in [3.05, 3.63) is 53.5 Å². The maximum absolute atomic E-state index is 12.6. The van der Waals surface area contributed by atoms with Gasteiger partial charge in [-0.15, -0.1) is 0 Å². The molecular formula is C14H14F3N3O. The molecule has 0 amide bonds. The average Bonchev–Trinajstić information content (AvgIpc) is 2.48. The number of aromatic nitrogens is 2. The third-order valence-corrected chi connectivity index (χ3v) is 3.03. The molecule has 0 aliphatic heterocycles. The number of ether oxygens (including phenoxy) is 1. The van der Waals surface area contributed by atoms with Crippen LogP contribution in [0.5, 0.6) is 5.88 Å². The smallest absolute Gasteiger partial charge is 0.416 e. The van der Waals surface area contributed by atoms with Gasteiger partial charge in [-0.05, 0) is 24.7 Å². The zero-order valence-electron chi connectivity index (χ0n) is 11.5. The molecule has 0 fully saturated rings. The molecule has 0 bridgehead atoms. The van der Waals surface area contributed by atoms with Gasteiger partial charge in [-0.25, -0.2) is 9.97 Å². The second kappa shape index (κ2) is 6.09. The Bertz CT molecular complexity index is 599. The largest absolute Gasteiger partial charge is 0.481 e. The standard InChI is InChI=1S/C14H14F3N3O/c1-18-13(11-7-12(21-2)20-8-19-11)9-3-5-10(6-4-9)14(15,16)17/h3-8,13,18H,1-2H3. The van der Waals surface area contributed by atoms with Crippen LogP contribution in [0.2, 0.25) is 0 Å². The van der Waals surface area contributed by atoms with Crippen molar-refractivity contribution >= 4 is 0 Å². The van der Waals surface area contributed by atoms with E-state index in [1.807, 2.05) is 0 Å². The fourth-order valence-electron chi connectivity index (χ4n) is 1.97. The van der Waals surface area contributed by atoms with Crippen LogP contribution in [0.15, 0.2) is 36.7 Å². The highest BCUT2D eigenvalue weighted by Gasteiger charge is 2.30. The number of halogens is 3. The summed E-state index contributed by atoms with van der Waals surface area (Å²) in [6, 6.07) is 6.26. The molecule has 1 N–H and O–H groups in total. The van der Waals surface area contributed by atoms with Crippen LogP contribution >= 0.6 is 0 Å². The lowest BCUT2D eigenvalue weighted by Crippen LogP contribution is -2.19. The monoisotopic (exact) mass is 297 g/mol. The minimum Gasteiger partial charge on any atom is -0.481 e. The quantitative estimate of drug-likeness (QED) is 0.942. The van der Waals surface area contributed by atoms with Crippen LogP contribution in [0.25, 0.3) is 0 Å². The first-order chi connectivity index (χ1) is 9.95. The van der Waals surface area contributed by atoms with Gasteiger partial charge in [0, 0.05) is 6.07 Å². The van der Waals surface area contributed by atoms with Gasteiger partial charge in [-0.2, -0.15) is 13.2 Å². The van der Waals surface area contributed by atoms with Gasteiger partial charge in [0.05, 0.1) is 24.4 Å². The van der Waals surface area contributed by atoms with Crippen LogP contribution in [0.1, 0.15) is 22.9 Å². The summed E-state index contributed by atoms with van der Waals surface area (Å²) in [5.74, 6) is 0.396. The molecular weight excluding hydrogens is 283 g/mol. The average molecular weight is 297 g/mol. The maximum atomic E-state index is 12.6. The van der Waals surface area contributed by atoms with Crippen molar-refractivity contribution in [2.75, 3.05) is 14.2 Å². The van der Waals surface area contributed by atoms with Crippen molar-refractivity contribution in [2.24, 2.45) is 0 Å². The topological polar surface area (TPSA) is 47.0 Å². The van der Waals surface area contributed by atoms with E-state index >= 15 is 0 Å². The van der Waals surface area contributed by atoms with Crippen molar-refractivity contribution in [3.8, 4) is 5.88 Å². The van der Waals surface area contributed by atoms with E-state index in [1.165, 1.54) is 25.6 Å².